The van der Waals surface area contributed by atoms with Crippen molar-refractivity contribution in [2.45, 2.75) is 0 Å². The molecule has 2 aromatic carbocycles. The SMILES string of the molecule is C1=Cc2cccc3cccc1c23.[H-].[H-].[Sr+2]. The van der Waals surface area contributed by atoms with Crippen molar-refractivity contribution in [3.05, 3.63) is 47.5 Å². The Bertz CT molecular complexity index is 451. The van der Waals surface area contributed by atoms with Gasteiger partial charge < -0.3 is 2.85 Å². The van der Waals surface area contributed by atoms with E-state index in [0.29, 0.717) is 0 Å². The Balaban J connectivity index is 0.000000653. The standard InChI is InChI=1S/C12H8.Sr.2H/c1-3-9-4-2-6-11-8-7-10(5-1)12(9)11;;;/h1-8H;;;/q;+2;2*-1. The van der Waals surface area contributed by atoms with Crippen molar-refractivity contribution in [1.82, 2.24) is 0 Å². The number of hydrogen-bond acceptors (Lipinski definition) is 0. The average Bonchev–Trinajstić information content (AvgIpc) is 2.52. The maximum absolute atomic E-state index is 2.18. The van der Waals surface area contributed by atoms with Gasteiger partial charge in [0.2, 0.25) is 0 Å². The number of rotatable bonds is 0. The summed E-state index contributed by atoms with van der Waals surface area (Å²) >= 11 is 0. The van der Waals surface area contributed by atoms with Crippen molar-refractivity contribution in [2.75, 3.05) is 0 Å². The first-order chi connectivity index (χ1) is 5.95. The number of hydrogen-bond donors (Lipinski definition) is 0. The molecule has 0 unspecified atom stereocenters. The zero-order valence-corrected chi connectivity index (χ0v) is 10.8. The molecule has 1 aliphatic carbocycles. The van der Waals surface area contributed by atoms with Crippen LogP contribution in [0.1, 0.15) is 14.0 Å². The van der Waals surface area contributed by atoms with Gasteiger partial charge in [0, 0.05) is 0 Å². The Morgan fingerprint density at radius 1 is 0.769 bits per heavy atom. The Morgan fingerprint density at radius 3 is 1.85 bits per heavy atom. The molecule has 0 aromatic heterocycles. The summed E-state index contributed by atoms with van der Waals surface area (Å²) in [6.45, 7) is 0. The van der Waals surface area contributed by atoms with Gasteiger partial charge in [-0.15, -0.1) is 0 Å². The van der Waals surface area contributed by atoms with E-state index in [-0.39, 0.29) is 48.3 Å². The van der Waals surface area contributed by atoms with Crippen LogP contribution in [0.5, 0.6) is 0 Å². The van der Waals surface area contributed by atoms with Crippen molar-refractivity contribution >= 4 is 68.4 Å². The van der Waals surface area contributed by atoms with Crippen molar-refractivity contribution < 1.29 is 2.85 Å². The Kier molecular flexibility index (Phi) is 2.61. The quantitative estimate of drug-likeness (QED) is 0.531. The van der Waals surface area contributed by atoms with Crippen LogP contribution < -0.4 is 0 Å². The molecule has 0 nitrogen and oxygen atoms in total. The fourth-order valence-electron chi connectivity index (χ4n) is 1.86. The van der Waals surface area contributed by atoms with Crippen LogP contribution in [-0.2, 0) is 0 Å². The Morgan fingerprint density at radius 2 is 1.31 bits per heavy atom. The molecule has 3 rings (SSSR count). The molecule has 0 saturated heterocycles. The molecule has 0 heterocycles. The molecule has 60 valence electrons. The predicted octanol–water partition coefficient (Wildman–Crippen LogP) is 3.17. The summed E-state index contributed by atoms with van der Waals surface area (Å²) in [4.78, 5) is 0. The van der Waals surface area contributed by atoms with Crippen LogP contribution in [0.2, 0.25) is 0 Å². The monoisotopic (exact) mass is 242 g/mol. The molecule has 1 heteroatoms. The van der Waals surface area contributed by atoms with E-state index < -0.39 is 0 Å². The van der Waals surface area contributed by atoms with Crippen LogP contribution in [0, 0.1) is 0 Å². The first-order valence-electron chi connectivity index (χ1n) is 4.15. The van der Waals surface area contributed by atoms with Crippen LogP contribution in [-0.4, -0.2) is 45.5 Å². The summed E-state index contributed by atoms with van der Waals surface area (Å²) in [7, 11) is 0. The number of benzene rings is 2. The molecule has 0 spiro atoms. The first kappa shape index (κ1) is 9.47. The summed E-state index contributed by atoms with van der Waals surface area (Å²) in [5, 5.41) is 2.75. The van der Waals surface area contributed by atoms with Crippen LogP contribution in [0.4, 0.5) is 0 Å². The zero-order chi connectivity index (χ0) is 7.97. The predicted molar refractivity (Wildman–Crippen MR) is 60.9 cm³/mol. The molecule has 0 saturated carbocycles. The summed E-state index contributed by atoms with van der Waals surface area (Å²) in [6, 6.07) is 12.9. The van der Waals surface area contributed by atoms with Crippen molar-refractivity contribution in [1.29, 1.82) is 0 Å². The van der Waals surface area contributed by atoms with Gasteiger partial charge in [-0.05, 0) is 21.9 Å². The van der Waals surface area contributed by atoms with Gasteiger partial charge >= 0.3 is 45.5 Å². The molecular weight excluding hydrogens is 232 g/mol. The van der Waals surface area contributed by atoms with Gasteiger partial charge in [0.25, 0.3) is 0 Å². The third-order valence-electron chi connectivity index (χ3n) is 2.41. The summed E-state index contributed by atoms with van der Waals surface area (Å²) in [6.07, 6.45) is 4.36. The molecule has 0 atom stereocenters. The van der Waals surface area contributed by atoms with Crippen LogP contribution in [0.25, 0.3) is 22.9 Å². The van der Waals surface area contributed by atoms with Crippen molar-refractivity contribution in [2.24, 2.45) is 0 Å². The van der Waals surface area contributed by atoms with E-state index >= 15 is 0 Å². The molecule has 0 N–H and O–H groups in total. The van der Waals surface area contributed by atoms with E-state index in [2.05, 4.69) is 48.6 Å². The van der Waals surface area contributed by atoms with Gasteiger partial charge in [-0.3, -0.25) is 0 Å². The molecule has 0 bridgehead atoms. The largest absolute Gasteiger partial charge is 2.00 e. The molecule has 13 heavy (non-hydrogen) atoms. The average molecular weight is 242 g/mol. The van der Waals surface area contributed by atoms with Crippen LogP contribution in [0.3, 0.4) is 0 Å². The fraction of sp³-hybridized carbons (Fsp3) is 0. The van der Waals surface area contributed by atoms with E-state index in [1.54, 1.807) is 0 Å². The van der Waals surface area contributed by atoms with Gasteiger partial charge in [-0.25, -0.2) is 0 Å². The van der Waals surface area contributed by atoms with Crippen LogP contribution >= 0.6 is 0 Å². The van der Waals surface area contributed by atoms with E-state index in [1.807, 2.05) is 0 Å². The third kappa shape index (κ3) is 1.40. The maximum Gasteiger partial charge on any atom is 2.00 e. The summed E-state index contributed by atoms with van der Waals surface area (Å²) in [5.41, 5.74) is 2.70. The van der Waals surface area contributed by atoms with Gasteiger partial charge in [-0.2, -0.15) is 0 Å². The molecule has 0 fully saturated rings. The molecule has 0 radical (unpaired) electrons. The van der Waals surface area contributed by atoms with Gasteiger partial charge in [0.15, 0.2) is 0 Å². The second kappa shape index (κ2) is 3.58. The minimum absolute atomic E-state index is 0. The summed E-state index contributed by atoms with van der Waals surface area (Å²) in [5.74, 6) is 0. The molecular formula is C12H10Sr. The second-order valence-electron chi connectivity index (χ2n) is 3.13. The molecule has 0 amide bonds. The minimum Gasteiger partial charge on any atom is -1.00 e. The Hall–Kier alpha value is -0.0795. The first-order valence-corrected chi connectivity index (χ1v) is 4.15. The molecule has 2 aromatic rings. The van der Waals surface area contributed by atoms with Gasteiger partial charge in [0.1, 0.15) is 0 Å². The van der Waals surface area contributed by atoms with Crippen LogP contribution in [0.15, 0.2) is 36.4 Å². The van der Waals surface area contributed by atoms with E-state index in [4.69, 9.17) is 0 Å². The van der Waals surface area contributed by atoms with E-state index in [1.165, 1.54) is 21.9 Å². The fourth-order valence-corrected chi connectivity index (χ4v) is 1.86. The van der Waals surface area contributed by atoms with E-state index in [0.717, 1.165) is 0 Å². The van der Waals surface area contributed by atoms with Gasteiger partial charge in [0.05, 0.1) is 0 Å². The smallest absolute Gasteiger partial charge is 1.00 e. The Labute approximate surface area is 118 Å². The normalized spacial score (nSPS) is 11.7. The minimum atomic E-state index is 0. The van der Waals surface area contributed by atoms with Crippen molar-refractivity contribution in [3.8, 4) is 0 Å². The van der Waals surface area contributed by atoms with Crippen molar-refractivity contribution in [3.63, 3.8) is 0 Å². The second-order valence-corrected chi connectivity index (χ2v) is 3.13. The summed E-state index contributed by atoms with van der Waals surface area (Å²) < 4.78 is 0. The maximum atomic E-state index is 2.18. The topological polar surface area (TPSA) is 0 Å². The third-order valence-corrected chi connectivity index (χ3v) is 2.41. The van der Waals surface area contributed by atoms with Gasteiger partial charge in [-0.1, -0.05) is 48.6 Å². The zero-order valence-electron chi connectivity index (χ0n) is 9.33. The van der Waals surface area contributed by atoms with E-state index in [9.17, 15) is 0 Å². The molecule has 0 aliphatic heterocycles. The molecule has 1 aliphatic rings.